The summed E-state index contributed by atoms with van der Waals surface area (Å²) in [5.74, 6) is 0.0376. The van der Waals surface area contributed by atoms with Crippen molar-refractivity contribution in [1.82, 2.24) is 5.32 Å². The molecule has 1 heterocycles. The summed E-state index contributed by atoms with van der Waals surface area (Å²) in [5, 5.41) is 6.26. The van der Waals surface area contributed by atoms with Gasteiger partial charge in [-0.1, -0.05) is 13.8 Å². The lowest BCUT2D eigenvalue weighted by atomic mass is 10.1. The molecule has 0 bridgehead atoms. The molecule has 1 aromatic carbocycles. The Kier molecular flexibility index (Phi) is 5.05. The summed E-state index contributed by atoms with van der Waals surface area (Å²) in [6.45, 7) is 6.08. The molecule has 5 heteroatoms. The van der Waals surface area contributed by atoms with Crippen molar-refractivity contribution in [2.24, 2.45) is 0 Å². The number of fused-ring (bicyclic) bond motifs is 1. The van der Waals surface area contributed by atoms with Gasteiger partial charge in [0.15, 0.2) is 0 Å². The van der Waals surface area contributed by atoms with Gasteiger partial charge in [-0.3, -0.25) is 4.79 Å². The molecule has 0 saturated carbocycles. The molecule has 110 valence electrons. The number of nitrogens with zero attached hydrogens (tertiary/aromatic N) is 1. The third kappa shape index (κ3) is 2.99. The maximum absolute atomic E-state index is 12.1. The lowest BCUT2D eigenvalue weighted by Gasteiger charge is -2.21. The summed E-state index contributed by atoms with van der Waals surface area (Å²) < 4.78 is 1.03. The lowest BCUT2D eigenvalue weighted by Crippen LogP contribution is -2.28. The Morgan fingerprint density at radius 1 is 1.35 bits per heavy atom. The van der Waals surface area contributed by atoms with Gasteiger partial charge in [0.25, 0.3) is 0 Å². The van der Waals surface area contributed by atoms with E-state index in [2.05, 4.69) is 64.5 Å². The number of halogens is 1. The predicted octanol–water partition coefficient (Wildman–Crippen LogP) is 3.29. The molecule has 1 aliphatic heterocycles. The van der Waals surface area contributed by atoms with E-state index in [1.54, 1.807) is 0 Å². The maximum atomic E-state index is 12.1. The summed E-state index contributed by atoms with van der Waals surface area (Å²) in [6, 6.07) is 3.88. The molecule has 0 fully saturated rings. The topological polar surface area (TPSA) is 44.4 Å². The average Bonchev–Trinajstić information content (AvgIpc) is 2.71. The fraction of sp³-hybridized carbons (Fsp3) is 0.533. The van der Waals surface area contributed by atoms with Gasteiger partial charge in [-0.05, 0) is 47.4 Å². The van der Waals surface area contributed by atoms with Gasteiger partial charge < -0.3 is 15.5 Å². The third-order valence-electron chi connectivity index (χ3n) is 3.52. The highest BCUT2D eigenvalue weighted by Crippen LogP contribution is 2.38. The Hall–Kier alpha value is -1.07. The van der Waals surface area contributed by atoms with Crippen LogP contribution in [0.15, 0.2) is 16.6 Å². The van der Waals surface area contributed by atoms with E-state index < -0.39 is 0 Å². The average molecular weight is 340 g/mol. The van der Waals surface area contributed by atoms with Gasteiger partial charge in [-0.2, -0.15) is 0 Å². The van der Waals surface area contributed by atoms with Gasteiger partial charge in [0.05, 0.1) is 5.69 Å². The molecule has 1 amide bonds. The number of nitrogens with one attached hydrogen (secondary N) is 2. The van der Waals surface area contributed by atoms with Crippen LogP contribution in [0.2, 0.25) is 0 Å². The zero-order chi connectivity index (χ0) is 14.7. The molecule has 2 rings (SSSR count). The highest BCUT2D eigenvalue weighted by Gasteiger charge is 2.31. The summed E-state index contributed by atoms with van der Waals surface area (Å²) in [6.07, 6.45) is 2.10. The smallest absolute Gasteiger partial charge is 0.246 e. The van der Waals surface area contributed by atoms with Crippen molar-refractivity contribution in [2.75, 3.05) is 30.4 Å². The second kappa shape index (κ2) is 6.59. The SMILES string of the molecule is CCCNC1C(=O)Nc2cc(N(C)CCC)c(Br)cc21. The van der Waals surface area contributed by atoms with Crippen LogP contribution in [0.1, 0.15) is 38.3 Å². The fourth-order valence-corrected chi connectivity index (χ4v) is 3.17. The molecule has 0 radical (unpaired) electrons. The first-order valence-corrected chi connectivity index (χ1v) is 7.96. The predicted molar refractivity (Wildman–Crippen MR) is 87.4 cm³/mol. The summed E-state index contributed by atoms with van der Waals surface area (Å²) in [7, 11) is 2.07. The van der Waals surface area contributed by atoms with E-state index in [1.165, 1.54) is 0 Å². The zero-order valence-corrected chi connectivity index (χ0v) is 13.9. The quantitative estimate of drug-likeness (QED) is 0.835. The molecule has 4 nitrogen and oxygen atoms in total. The molecule has 1 aromatic rings. The van der Waals surface area contributed by atoms with Crippen molar-refractivity contribution in [3.63, 3.8) is 0 Å². The molecule has 0 saturated heterocycles. The molecule has 0 aromatic heterocycles. The van der Waals surface area contributed by atoms with Crippen LogP contribution >= 0.6 is 15.9 Å². The molecule has 0 aliphatic carbocycles. The number of carbonyl (C=O) groups is 1. The largest absolute Gasteiger partial charge is 0.374 e. The van der Waals surface area contributed by atoms with Crippen molar-refractivity contribution in [3.05, 3.63) is 22.2 Å². The molecule has 1 aliphatic rings. The summed E-state index contributed by atoms with van der Waals surface area (Å²) >= 11 is 3.63. The monoisotopic (exact) mass is 339 g/mol. The zero-order valence-electron chi connectivity index (χ0n) is 12.3. The van der Waals surface area contributed by atoms with Gasteiger partial charge in [-0.25, -0.2) is 0 Å². The number of benzene rings is 1. The van der Waals surface area contributed by atoms with Crippen LogP contribution in [0.4, 0.5) is 11.4 Å². The maximum Gasteiger partial charge on any atom is 0.246 e. The van der Waals surface area contributed by atoms with Crippen molar-refractivity contribution in [1.29, 1.82) is 0 Å². The normalized spacial score (nSPS) is 17.0. The van der Waals surface area contributed by atoms with Crippen molar-refractivity contribution in [3.8, 4) is 0 Å². The Morgan fingerprint density at radius 3 is 2.75 bits per heavy atom. The minimum absolute atomic E-state index is 0.0376. The third-order valence-corrected chi connectivity index (χ3v) is 4.15. The number of carbonyl (C=O) groups excluding carboxylic acids is 1. The van der Waals surface area contributed by atoms with Crippen molar-refractivity contribution in [2.45, 2.75) is 32.7 Å². The van der Waals surface area contributed by atoms with Crippen LogP contribution in [-0.4, -0.2) is 26.0 Å². The highest BCUT2D eigenvalue weighted by molar-refractivity contribution is 9.10. The van der Waals surface area contributed by atoms with Crippen LogP contribution in [0.3, 0.4) is 0 Å². The second-order valence-corrected chi connectivity index (χ2v) is 6.04. The Morgan fingerprint density at radius 2 is 2.10 bits per heavy atom. The molecular formula is C15H22BrN3O. The Bertz CT molecular complexity index is 504. The second-order valence-electron chi connectivity index (χ2n) is 5.19. The first-order chi connectivity index (χ1) is 9.58. The van der Waals surface area contributed by atoms with Crippen LogP contribution in [0.25, 0.3) is 0 Å². The molecule has 2 N–H and O–H groups in total. The number of hydrogen-bond acceptors (Lipinski definition) is 3. The van der Waals surface area contributed by atoms with Crippen LogP contribution in [0.5, 0.6) is 0 Å². The van der Waals surface area contributed by atoms with Crippen molar-refractivity contribution < 1.29 is 4.79 Å². The first-order valence-electron chi connectivity index (χ1n) is 7.17. The minimum atomic E-state index is -0.230. The summed E-state index contributed by atoms with van der Waals surface area (Å²) in [4.78, 5) is 14.3. The van der Waals surface area contributed by atoms with E-state index in [1.807, 2.05) is 0 Å². The summed E-state index contributed by atoms with van der Waals surface area (Å²) in [5.41, 5.74) is 3.07. The number of anilines is 2. The van der Waals surface area contributed by atoms with Crippen molar-refractivity contribution >= 4 is 33.2 Å². The number of hydrogen-bond donors (Lipinski definition) is 2. The number of rotatable bonds is 6. The van der Waals surface area contributed by atoms with E-state index in [0.29, 0.717) is 0 Å². The van der Waals surface area contributed by atoms with Gasteiger partial charge in [0.2, 0.25) is 5.91 Å². The first kappa shape index (κ1) is 15.3. The van der Waals surface area contributed by atoms with Gasteiger partial charge >= 0.3 is 0 Å². The van der Waals surface area contributed by atoms with Gasteiger partial charge in [-0.15, -0.1) is 0 Å². The Balaban J connectivity index is 2.30. The molecular weight excluding hydrogens is 318 g/mol. The minimum Gasteiger partial charge on any atom is -0.374 e. The van der Waals surface area contributed by atoms with Gasteiger partial charge in [0, 0.05) is 29.3 Å². The lowest BCUT2D eigenvalue weighted by molar-refractivity contribution is -0.117. The fourth-order valence-electron chi connectivity index (χ4n) is 2.51. The highest BCUT2D eigenvalue weighted by atomic mass is 79.9. The van der Waals surface area contributed by atoms with Crippen LogP contribution in [0, 0.1) is 0 Å². The molecule has 1 atom stereocenters. The van der Waals surface area contributed by atoms with E-state index in [9.17, 15) is 4.79 Å². The molecule has 0 spiro atoms. The molecule has 20 heavy (non-hydrogen) atoms. The van der Waals surface area contributed by atoms with E-state index in [0.717, 1.165) is 47.3 Å². The van der Waals surface area contributed by atoms with Crippen LogP contribution in [-0.2, 0) is 4.79 Å². The van der Waals surface area contributed by atoms with E-state index in [-0.39, 0.29) is 11.9 Å². The van der Waals surface area contributed by atoms with E-state index in [4.69, 9.17) is 0 Å². The van der Waals surface area contributed by atoms with Gasteiger partial charge in [0.1, 0.15) is 6.04 Å². The number of amides is 1. The van der Waals surface area contributed by atoms with E-state index >= 15 is 0 Å². The standard InChI is InChI=1S/C15H22BrN3O/c1-4-6-17-14-10-8-11(16)13(19(3)7-5-2)9-12(10)18-15(14)20/h8-9,14,17H,4-7H2,1-3H3,(H,18,20). The molecule has 1 unspecified atom stereocenters. The van der Waals surface area contributed by atoms with Crippen LogP contribution < -0.4 is 15.5 Å². The Labute approximate surface area is 129 Å².